The predicted octanol–water partition coefficient (Wildman–Crippen LogP) is 3.36. The molecule has 0 saturated heterocycles. The Balaban J connectivity index is 2.92. The van der Waals surface area contributed by atoms with Crippen LogP contribution in [0.15, 0.2) is 28.9 Å². The van der Waals surface area contributed by atoms with Crippen LogP contribution in [0.3, 0.4) is 0 Å². The number of aromatic hydroxyl groups is 1. The quantitative estimate of drug-likeness (QED) is 0.786. The molecule has 0 spiro atoms. The fourth-order valence-corrected chi connectivity index (χ4v) is 1.83. The highest BCUT2D eigenvalue weighted by atomic mass is 79.9. The van der Waals surface area contributed by atoms with Crippen LogP contribution in [0.2, 0.25) is 5.02 Å². The summed E-state index contributed by atoms with van der Waals surface area (Å²) in [6.45, 7) is 0. The van der Waals surface area contributed by atoms with Crippen molar-refractivity contribution in [3.8, 4) is 5.88 Å². The third-order valence-corrected chi connectivity index (χ3v) is 2.80. The van der Waals surface area contributed by atoms with Gasteiger partial charge >= 0.3 is 0 Å². The van der Waals surface area contributed by atoms with Crippen molar-refractivity contribution in [2.75, 3.05) is 0 Å². The molecule has 13 heavy (non-hydrogen) atoms. The summed E-state index contributed by atoms with van der Waals surface area (Å²) in [5, 5.41) is 11.5. The van der Waals surface area contributed by atoms with Gasteiger partial charge in [0.05, 0.1) is 0 Å². The molecule has 0 aliphatic heterocycles. The molecular weight excluding hydrogens is 253 g/mol. The van der Waals surface area contributed by atoms with Gasteiger partial charge in [-0.05, 0) is 12.1 Å². The lowest BCUT2D eigenvalue weighted by atomic mass is 10.2. The van der Waals surface area contributed by atoms with Gasteiger partial charge in [0.1, 0.15) is 0 Å². The summed E-state index contributed by atoms with van der Waals surface area (Å²) in [5.74, 6) is -0.0208. The van der Waals surface area contributed by atoms with Crippen molar-refractivity contribution in [3.05, 3.63) is 33.9 Å². The summed E-state index contributed by atoms with van der Waals surface area (Å²) in [7, 11) is 0. The van der Waals surface area contributed by atoms with E-state index in [1.54, 1.807) is 18.3 Å². The maximum Gasteiger partial charge on any atom is 0.211 e. The van der Waals surface area contributed by atoms with Crippen molar-refractivity contribution < 1.29 is 5.11 Å². The molecule has 0 saturated carbocycles. The maximum atomic E-state index is 9.16. The van der Waals surface area contributed by atoms with E-state index in [0.717, 1.165) is 15.2 Å². The van der Waals surface area contributed by atoms with Gasteiger partial charge in [-0.15, -0.1) is 0 Å². The number of nitrogens with zero attached hydrogens (tertiary/aromatic N) is 1. The highest BCUT2D eigenvalue weighted by molar-refractivity contribution is 9.10. The van der Waals surface area contributed by atoms with Crippen molar-refractivity contribution in [1.82, 2.24) is 4.98 Å². The highest BCUT2D eigenvalue weighted by Crippen LogP contribution is 2.30. The van der Waals surface area contributed by atoms with Gasteiger partial charge in [-0.25, -0.2) is 4.98 Å². The van der Waals surface area contributed by atoms with Crippen molar-refractivity contribution >= 4 is 38.3 Å². The van der Waals surface area contributed by atoms with E-state index in [1.165, 1.54) is 0 Å². The second-order valence-electron chi connectivity index (χ2n) is 2.62. The normalized spacial score (nSPS) is 10.6. The number of benzene rings is 1. The summed E-state index contributed by atoms with van der Waals surface area (Å²) < 4.78 is 0.916. The Kier molecular flexibility index (Phi) is 2.14. The first-order valence-electron chi connectivity index (χ1n) is 3.61. The number of halogens is 2. The van der Waals surface area contributed by atoms with Gasteiger partial charge in [-0.3, -0.25) is 0 Å². The molecule has 1 heterocycles. The Labute approximate surface area is 88.3 Å². The van der Waals surface area contributed by atoms with Crippen molar-refractivity contribution in [1.29, 1.82) is 0 Å². The molecule has 0 atom stereocenters. The van der Waals surface area contributed by atoms with Crippen LogP contribution in [0.4, 0.5) is 0 Å². The van der Waals surface area contributed by atoms with E-state index in [0.29, 0.717) is 5.02 Å². The Hall–Kier alpha value is -0.800. The first kappa shape index (κ1) is 8.78. The van der Waals surface area contributed by atoms with Crippen LogP contribution in [-0.4, -0.2) is 10.1 Å². The van der Waals surface area contributed by atoms with Crippen LogP contribution in [0.5, 0.6) is 5.88 Å². The van der Waals surface area contributed by atoms with Gasteiger partial charge in [0, 0.05) is 32.5 Å². The number of rotatable bonds is 0. The Morgan fingerprint density at radius 3 is 2.85 bits per heavy atom. The second kappa shape index (κ2) is 3.16. The third kappa shape index (κ3) is 1.49. The van der Waals surface area contributed by atoms with Crippen LogP contribution >= 0.6 is 27.5 Å². The zero-order valence-electron chi connectivity index (χ0n) is 6.46. The minimum absolute atomic E-state index is 0.0208. The molecule has 0 unspecified atom stereocenters. The molecule has 2 aromatic rings. The average Bonchev–Trinajstić information content (AvgIpc) is 2.12. The largest absolute Gasteiger partial charge is 0.493 e. The summed E-state index contributed by atoms with van der Waals surface area (Å²) in [5.41, 5.74) is 0. The monoisotopic (exact) mass is 257 g/mol. The van der Waals surface area contributed by atoms with Crippen molar-refractivity contribution in [2.24, 2.45) is 0 Å². The first-order chi connectivity index (χ1) is 6.18. The molecule has 0 aliphatic rings. The lowest BCUT2D eigenvalue weighted by Crippen LogP contribution is -1.79. The minimum atomic E-state index is -0.0208. The first-order valence-corrected chi connectivity index (χ1v) is 4.78. The molecule has 66 valence electrons. The van der Waals surface area contributed by atoms with Crippen molar-refractivity contribution in [2.45, 2.75) is 0 Å². The summed E-state index contributed by atoms with van der Waals surface area (Å²) >= 11 is 9.32. The lowest BCUT2D eigenvalue weighted by molar-refractivity contribution is 0.454. The average molecular weight is 259 g/mol. The lowest BCUT2D eigenvalue weighted by Gasteiger charge is -2.02. The van der Waals surface area contributed by atoms with Crippen LogP contribution < -0.4 is 0 Å². The van der Waals surface area contributed by atoms with E-state index >= 15 is 0 Å². The zero-order valence-corrected chi connectivity index (χ0v) is 8.80. The van der Waals surface area contributed by atoms with E-state index < -0.39 is 0 Å². The van der Waals surface area contributed by atoms with E-state index in [9.17, 15) is 0 Å². The second-order valence-corrected chi connectivity index (χ2v) is 3.88. The predicted molar refractivity (Wildman–Crippen MR) is 56.1 cm³/mol. The number of hydrogen-bond acceptors (Lipinski definition) is 2. The summed E-state index contributed by atoms with van der Waals surface area (Å²) in [6, 6.07) is 5.17. The van der Waals surface area contributed by atoms with Crippen LogP contribution in [0.1, 0.15) is 0 Å². The molecule has 2 rings (SSSR count). The van der Waals surface area contributed by atoms with Gasteiger partial charge in [-0.1, -0.05) is 27.5 Å². The number of pyridine rings is 1. The minimum Gasteiger partial charge on any atom is -0.493 e. The molecule has 0 fully saturated rings. The van der Waals surface area contributed by atoms with Gasteiger partial charge < -0.3 is 5.11 Å². The fraction of sp³-hybridized carbons (Fsp3) is 0. The van der Waals surface area contributed by atoms with Crippen LogP contribution in [-0.2, 0) is 0 Å². The molecule has 4 heteroatoms. The number of aromatic nitrogens is 1. The molecule has 1 N–H and O–H groups in total. The summed E-state index contributed by atoms with van der Waals surface area (Å²) in [6.07, 6.45) is 1.58. The fourth-order valence-electron chi connectivity index (χ4n) is 1.16. The smallest absolute Gasteiger partial charge is 0.211 e. The third-order valence-electron chi connectivity index (χ3n) is 1.78. The molecule has 0 radical (unpaired) electrons. The number of fused-ring (bicyclic) bond motifs is 1. The van der Waals surface area contributed by atoms with Gasteiger partial charge in [-0.2, -0.15) is 0 Å². The molecule has 0 bridgehead atoms. The van der Waals surface area contributed by atoms with E-state index in [1.807, 2.05) is 6.07 Å². The summed E-state index contributed by atoms with van der Waals surface area (Å²) in [4.78, 5) is 3.78. The van der Waals surface area contributed by atoms with E-state index in [4.69, 9.17) is 16.7 Å². The maximum absolute atomic E-state index is 9.16. The van der Waals surface area contributed by atoms with Gasteiger partial charge in [0.15, 0.2) is 0 Å². The highest BCUT2D eigenvalue weighted by Gasteiger charge is 2.03. The standard InChI is InChI=1S/C9H5BrClNO/c10-7-1-2-8(11)5-3-9(13)12-4-6(5)7/h1-4H,(H,12,13). The van der Waals surface area contributed by atoms with Crippen molar-refractivity contribution in [3.63, 3.8) is 0 Å². The molecule has 1 aromatic carbocycles. The van der Waals surface area contributed by atoms with Gasteiger partial charge in [0.25, 0.3) is 0 Å². The SMILES string of the molecule is Oc1cc2c(Cl)ccc(Br)c2cn1. The van der Waals surface area contributed by atoms with Gasteiger partial charge in [0.2, 0.25) is 5.88 Å². The van der Waals surface area contributed by atoms with E-state index in [-0.39, 0.29) is 5.88 Å². The van der Waals surface area contributed by atoms with Crippen LogP contribution in [0.25, 0.3) is 10.8 Å². The zero-order chi connectivity index (χ0) is 9.42. The molecule has 2 nitrogen and oxygen atoms in total. The molecule has 0 amide bonds. The Morgan fingerprint density at radius 2 is 2.08 bits per heavy atom. The molecule has 0 aliphatic carbocycles. The Bertz CT molecular complexity index is 472. The van der Waals surface area contributed by atoms with Crippen LogP contribution in [0, 0.1) is 0 Å². The number of hydrogen-bond donors (Lipinski definition) is 1. The topological polar surface area (TPSA) is 33.1 Å². The molecule has 1 aromatic heterocycles. The van der Waals surface area contributed by atoms with E-state index in [2.05, 4.69) is 20.9 Å². The Morgan fingerprint density at radius 1 is 1.31 bits per heavy atom. The molecular formula is C9H5BrClNO.